The van der Waals surface area contributed by atoms with Gasteiger partial charge in [0.15, 0.2) is 11.5 Å². The zero-order chi connectivity index (χ0) is 17.9. The highest BCUT2D eigenvalue weighted by atomic mass is 16.5. The van der Waals surface area contributed by atoms with Crippen LogP contribution in [0, 0.1) is 0 Å². The van der Waals surface area contributed by atoms with Gasteiger partial charge in [-0.25, -0.2) is 0 Å². The van der Waals surface area contributed by atoms with Crippen LogP contribution >= 0.6 is 0 Å². The van der Waals surface area contributed by atoms with Crippen molar-refractivity contribution in [2.24, 2.45) is 4.99 Å². The van der Waals surface area contributed by atoms with Crippen LogP contribution in [0.3, 0.4) is 0 Å². The Kier molecular flexibility index (Phi) is 7.75. The van der Waals surface area contributed by atoms with Crippen LogP contribution in [0.1, 0.15) is 5.56 Å². The van der Waals surface area contributed by atoms with E-state index < -0.39 is 6.10 Å². The van der Waals surface area contributed by atoms with E-state index in [1.807, 2.05) is 24.3 Å². The molecule has 134 valence electrons. The number of methoxy groups -OCH3 is 1. The summed E-state index contributed by atoms with van der Waals surface area (Å²) in [6.45, 7) is 1.75. The van der Waals surface area contributed by atoms with E-state index in [-0.39, 0.29) is 12.4 Å². The highest BCUT2D eigenvalue weighted by Crippen LogP contribution is 2.25. The lowest BCUT2D eigenvalue weighted by Crippen LogP contribution is -2.32. The number of hydrogen-bond acceptors (Lipinski definition) is 6. The molecule has 25 heavy (non-hydrogen) atoms. The third-order valence-electron chi connectivity index (χ3n) is 3.47. The molecule has 0 aliphatic carbocycles. The molecule has 0 bridgehead atoms. The van der Waals surface area contributed by atoms with Crippen LogP contribution in [0.25, 0.3) is 0 Å². The minimum atomic E-state index is -0.632. The fourth-order valence-electron chi connectivity index (χ4n) is 2.15. The summed E-state index contributed by atoms with van der Waals surface area (Å²) in [4.78, 5) is 4.24. The summed E-state index contributed by atoms with van der Waals surface area (Å²) in [6, 6.07) is 14.3. The number of aromatic hydroxyl groups is 1. The molecular weight excluding hydrogens is 320 g/mol. The van der Waals surface area contributed by atoms with Crippen molar-refractivity contribution < 1.29 is 19.7 Å². The molecule has 1 atom stereocenters. The van der Waals surface area contributed by atoms with Crippen molar-refractivity contribution in [1.82, 2.24) is 5.32 Å². The number of aliphatic imine (C=N–C) groups is 1. The molecular formula is C19H24N2O4. The first-order chi connectivity index (χ1) is 12.2. The van der Waals surface area contributed by atoms with Gasteiger partial charge in [-0.05, 0) is 24.3 Å². The lowest BCUT2D eigenvalue weighted by molar-refractivity contribution is 0.105. The molecule has 2 rings (SSSR count). The van der Waals surface area contributed by atoms with E-state index in [4.69, 9.17) is 9.47 Å². The second kappa shape index (κ2) is 10.3. The fraction of sp³-hybridized carbons (Fsp3) is 0.316. The molecule has 0 aliphatic rings. The van der Waals surface area contributed by atoms with Crippen molar-refractivity contribution in [2.45, 2.75) is 6.10 Å². The Morgan fingerprint density at radius 3 is 2.60 bits per heavy atom. The molecule has 6 heteroatoms. The highest BCUT2D eigenvalue weighted by Gasteiger charge is 2.07. The van der Waals surface area contributed by atoms with Gasteiger partial charge < -0.3 is 25.0 Å². The number of ether oxygens (including phenoxy) is 2. The number of phenolic OH excluding ortho intramolecular Hbond substituents is 1. The molecule has 0 radical (unpaired) electrons. The zero-order valence-electron chi connectivity index (χ0n) is 14.3. The normalized spacial score (nSPS) is 12.2. The van der Waals surface area contributed by atoms with Crippen LogP contribution in [0.2, 0.25) is 0 Å². The maximum absolute atomic E-state index is 9.95. The summed E-state index contributed by atoms with van der Waals surface area (Å²) in [5.41, 5.74) is 0.688. The van der Waals surface area contributed by atoms with E-state index >= 15 is 0 Å². The molecule has 6 nitrogen and oxygen atoms in total. The minimum Gasteiger partial charge on any atom is -0.507 e. The molecule has 0 aromatic heterocycles. The molecule has 0 unspecified atom stereocenters. The summed E-state index contributed by atoms with van der Waals surface area (Å²) in [6.07, 6.45) is 1.00. The van der Waals surface area contributed by atoms with Gasteiger partial charge in [0.05, 0.1) is 13.7 Å². The predicted octanol–water partition coefficient (Wildman–Crippen LogP) is 1.85. The standard InChI is InChI=1S/C19H24N2O4/c1-24-18-8-4-5-9-19(18)25-14-16(22)13-21-11-10-20-12-15-6-2-3-7-17(15)23/h2-9,12,16,21-23H,10-11,13-14H2,1H3/t16-/m0/s1. The molecule has 0 saturated heterocycles. The largest absolute Gasteiger partial charge is 0.507 e. The minimum absolute atomic E-state index is 0.175. The molecule has 2 aromatic rings. The van der Waals surface area contributed by atoms with Crippen LogP contribution < -0.4 is 14.8 Å². The Morgan fingerprint density at radius 2 is 1.84 bits per heavy atom. The van der Waals surface area contributed by atoms with Gasteiger partial charge in [-0.2, -0.15) is 0 Å². The average molecular weight is 344 g/mol. The first-order valence-electron chi connectivity index (χ1n) is 8.13. The number of phenols is 1. The van der Waals surface area contributed by atoms with Crippen molar-refractivity contribution in [1.29, 1.82) is 0 Å². The lowest BCUT2D eigenvalue weighted by atomic mass is 10.2. The first-order valence-corrected chi connectivity index (χ1v) is 8.13. The SMILES string of the molecule is COc1ccccc1OC[C@@H](O)CNCCN=Cc1ccccc1O. The van der Waals surface area contributed by atoms with Gasteiger partial charge in [0.2, 0.25) is 0 Å². The number of nitrogens with one attached hydrogen (secondary N) is 1. The van der Waals surface area contributed by atoms with Gasteiger partial charge in [-0.1, -0.05) is 24.3 Å². The first kappa shape index (κ1) is 18.8. The quantitative estimate of drug-likeness (QED) is 0.453. The number of rotatable bonds is 10. The van der Waals surface area contributed by atoms with E-state index in [1.165, 1.54) is 0 Å². The Labute approximate surface area is 147 Å². The summed E-state index contributed by atoms with van der Waals surface area (Å²) >= 11 is 0. The Hall–Kier alpha value is -2.57. The number of aliphatic hydroxyl groups is 1. The predicted molar refractivity (Wildman–Crippen MR) is 97.9 cm³/mol. The van der Waals surface area contributed by atoms with Gasteiger partial charge in [-0.15, -0.1) is 0 Å². The third kappa shape index (κ3) is 6.45. The average Bonchev–Trinajstić information content (AvgIpc) is 2.64. The van der Waals surface area contributed by atoms with Gasteiger partial charge in [0, 0.05) is 24.9 Å². The van der Waals surface area contributed by atoms with Gasteiger partial charge in [0.1, 0.15) is 18.5 Å². The monoisotopic (exact) mass is 344 g/mol. The van der Waals surface area contributed by atoms with Crippen LogP contribution in [0.5, 0.6) is 17.2 Å². The molecule has 0 fully saturated rings. The topological polar surface area (TPSA) is 83.3 Å². The Bertz CT molecular complexity index is 676. The van der Waals surface area contributed by atoms with Crippen molar-refractivity contribution in [3.63, 3.8) is 0 Å². The smallest absolute Gasteiger partial charge is 0.161 e. The summed E-state index contributed by atoms with van der Waals surface area (Å²) in [5, 5.41) is 22.7. The van der Waals surface area contributed by atoms with E-state index in [2.05, 4.69) is 10.3 Å². The van der Waals surface area contributed by atoms with Gasteiger partial charge in [-0.3, -0.25) is 4.99 Å². The fourth-order valence-corrected chi connectivity index (χ4v) is 2.15. The molecule has 2 aromatic carbocycles. The second-order valence-corrected chi connectivity index (χ2v) is 5.41. The highest BCUT2D eigenvalue weighted by molar-refractivity contribution is 5.83. The third-order valence-corrected chi connectivity index (χ3v) is 3.47. The van der Waals surface area contributed by atoms with Crippen molar-refractivity contribution in [3.05, 3.63) is 54.1 Å². The van der Waals surface area contributed by atoms with E-state index in [1.54, 1.807) is 37.6 Å². The maximum atomic E-state index is 9.95. The van der Waals surface area contributed by atoms with Gasteiger partial charge in [0.25, 0.3) is 0 Å². The number of para-hydroxylation sites is 3. The molecule has 3 N–H and O–H groups in total. The van der Waals surface area contributed by atoms with E-state index in [9.17, 15) is 10.2 Å². The van der Waals surface area contributed by atoms with Crippen LogP contribution in [-0.2, 0) is 0 Å². The Morgan fingerprint density at radius 1 is 1.12 bits per heavy atom. The van der Waals surface area contributed by atoms with E-state index in [0.717, 1.165) is 0 Å². The van der Waals surface area contributed by atoms with E-state index in [0.29, 0.717) is 36.7 Å². The lowest BCUT2D eigenvalue weighted by Gasteiger charge is -2.14. The number of benzene rings is 2. The van der Waals surface area contributed by atoms with Crippen molar-refractivity contribution >= 4 is 6.21 Å². The van der Waals surface area contributed by atoms with Gasteiger partial charge >= 0.3 is 0 Å². The van der Waals surface area contributed by atoms with Crippen molar-refractivity contribution in [3.8, 4) is 17.2 Å². The summed E-state index contributed by atoms with van der Waals surface area (Å²) in [5.74, 6) is 1.46. The number of hydrogen-bond donors (Lipinski definition) is 3. The number of nitrogens with zero attached hydrogens (tertiary/aromatic N) is 1. The summed E-state index contributed by atoms with van der Waals surface area (Å²) in [7, 11) is 1.58. The molecule has 0 saturated carbocycles. The number of aliphatic hydroxyl groups excluding tert-OH is 1. The Balaban J connectivity index is 1.62. The molecule has 0 aliphatic heterocycles. The molecule has 0 amide bonds. The molecule has 0 heterocycles. The van der Waals surface area contributed by atoms with Crippen LogP contribution in [-0.4, -0.2) is 55.9 Å². The van der Waals surface area contributed by atoms with Crippen LogP contribution in [0.4, 0.5) is 0 Å². The zero-order valence-corrected chi connectivity index (χ0v) is 14.3. The summed E-state index contributed by atoms with van der Waals surface area (Å²) < 4.78 is 10.8. The maximum Gasteiger partial charge on any atom is 0.161 e. The molecule has 0 spiro atoms. The second-order valence-electron chi connectivity index (χ2n) is 5.41. The van der Waals surface area contributed by atoms with Crippen LogP contribution in [0.15, 0.2) is 53.5 Å². The van der Waals surface area contributed by atoms with Crippen molar-refractivity contribution in [2.75, 3.05) is 33.4 Å².